The number of aryl methyl sites for hydroxylation is 1. The van der Waals surface area contributed by atoms with Crippen molar-refractivity contribution in [3.8, 4) is 11.1 Å². The van der Waals surface area contributed by atoms with E-state index in [9.17, 15) is 4.79 Å². The lowest BCUT2D eigenvalue weighted by atomic mass is 10.1. The number of carbonyl (C=O) groups is 1. The molecule has 0 aliphatic heterocycles. The van der Waals surface area contributed by atoms with E-state index in [4.69, 9.17) is 4.42 Å². The molecule has 0 bridgehead atoms. The van der Waals surface area contributed by atoms with Gasteiger partial charge in [-0.3, -0.25) is 9.48 Å². The van der Waals surface area contributed by atoms with E-state index < -0.39 is 0 Å². The summed E-state index contributed by atoms with van der Waals surface area (Å²) in [5.41, 5.74) is 2.68. The third kappa shape index (κ3) is 4.18. The van der Waals surface area contributed by atoms with Crippen molar-refractivity contribution in [1.82, 2.24) is 14.7 Å². The number of nitrogens with zero attached hydrogens (tertiary/aromatic N) is 3. The Morgan fingerprint density at radius 3 is 2.80 bits per heavy atom. The molecule has 25 heavy (non-hydrogen) atoms. The van der Waals surface area contributed by atoms with Crippen LogP contribution in [0, 0.1) is 0 Å². The fraction of sp³-hybridized carbons (Fsp3) is 0.300. The summed E-state index contributed by atoms with van der Waals surface area (Å²) in [5, 5.41) is 4.20. The fourth-order valence-corrected chi connectivity index (χ4v) is 2.78. The van der Waals surface area contributed by atoms with Crippen LogP contribution < -0.4 is 0 Å². The van der Waals surface area contributed by atoms with E-state index in [-0.39, 0.29) is 5.91 Å². The third-order valence-electron chi connectivity index (χ3n) is 4.14. The molecule has 0 radical (unpaired) electrons. The summed E-state index contributed by atoms with van der Waals surface area (Å²) >= 11 is 0. The summed E-state index contributed by atoms with van der Waals surface area (Å²) in [7, 11) is 1.88. The zero-order chi connectivity index (χ0) is 17.6. The Bertz CT molecular complexity index is 821. The van der Waals surface area contributed by atoms with Gasteiger partial charge in [0.1, 0.15) is 5.76 Å². The minimum Gasteiger partial charge on any atom is -0.467 e. The van der Waals surface area contributed by atoms with Gasteiger partial charge >= 0.3 is 0 Å². The van der Waals surface area contributed by atoms with Gasteiger partial charge in [-0.05, 0) is 36.2 Å². The highest BCUT2D eigenvalue weighted by Crippen LogP contribution is 2.21. The minimum atomic E-state index is 0.0237. The molecule has 0 fully saturated rings. The van der Waals surface area contributed by atoms with Crippen LogP contribution in [0.1, 0.15) is 35.9 Å². The van der Waals surface area contributed by atoms with Gasteiger partial charge in [-0.1, -0.05) is 25.5 Å². The summed E-state index contributed by atoms with van der Waals surface area (Å²) in [4.78, 5) is 14.9. The van der Waals surface area contributed by atoms with Crippen LogP contribution in [0.2, 0.25) is 0 Å². The Kier molecular flexibility index (Phi) is 5.33. The van der Waals surface area contributed by atoms with Gasteiger partial charge in [0, 0.05) is 30.9 Å². The molecule has 5 nitrogen and oxygen atoms in total. The average molecular weight is 337 g/mol. The molecule has 0 saturated heterocycles. The summed E-state index contributed by atoms with van der Waals surface area (Å²) in [6, 6.07) is 11.5. The van der Waals surface area contributed by atoms with E-state index >= 15 is 0 Å². The topological polar surface area (TPSA) is 51.3 Å². The molecule has 2 aromatic heterocycles. The van der Waals surface area contributed by atoms with Crippen molar-refractivity contribution >= 4 is 5.91 Å². The molecule has 1 amide bonds. The predicted molar refractivity (Wildman–Crippen MR) is 97.0 cm³/mol. The second kappa shape index (κ2) is 7.83. The number of furan rings is 1. The van der Waals surface area contributed by atoms with Gasteiger partial charge in [0.05, 0.1) is 19.0 Å². The Labute approximate surface area is 147 Å². The smallest absolute Gasteiger partial charge is 0.254 e. The van der Waals surface area contributed by atoms with Crippen molar-refractivity contribution < 1.29 is 9.21 Å². The predicted octanol–water partition coefficient (Wildman–Crippen LogP) is 4.12. The van der Waals surface area contributed by atoms with Crippen molar-refractivity contribution in [3.05, 3.63) is 66.4 Å². The summed E-state index contributed by atoms with van der Waals surface area (Å²) < 4.78 is 7.18. The lowest BCUT2D eigenvalue weighted by molar-refractivity contribution is 0.0729. The molecule has 0 aliphatic carbocycles. The van der Waals surface area contributed by atoms with Crippen LogP contribution in [-0.2, 0) is 13.6 Å². The van der Waals surface area contributed by atoms with Gasteiger partial charge in [-0.15, -0.1) is 0 Å². The molecule has 5 heteroatoms. The molecule has 0 spiro atoms. The number of hydrogen-bond donors (Lipinski definition) is 0. The molecule has 1 aromatic carbocycles. The van der Waals surface area contributed by atoms with Crippen molar-refractivity contribution in [2.75, 3.05) is 6.54 Å². The van der Waals surface area contributed by atoms with Crippen LogP contribution in [0.4, 0.5) is 0 Å². The molecule has 130 valence electrons. The summed E-state index contributed by atoms with van der Waals surface area (Å²) in [6.07, 6.45) is 7.40. The summed E-state index contributed by atoms with van der Waals surface area (Å²) in [6.45, 7) is 3.33. The van der Waals surface area contributed by atoms with Gasteiger partial charge in [0.2, 0.25) is 0 Å². The second-order valence-electron chi connectivity index (χ2n) is 6.14. The maximum absolute atomic E-state index is 13.0. The first-order valence-corrected chi connectivity index (χ1v) is 8.58. The fourth-order valence-electron chi connectivity index (χ4n) is 2.78. The maximum atomic E-state index is 13.0. The molecule has 3 aromatic rings. The quantitative estimate of drug-likeness (QED) is 0.651. The second-order valence-corrected chi connectivity index (χ2v) is 6.14. The van der Waals surface area contributed by atoms with Crippen molar-refractivity contribution in [3.63, 3.8) is 0 Å². The number of carbonyl (C=O) groups excluding carboxylic acids is 1. The van der Waals surface area contributed by atoms with E-state index in [2.05, 4.69) is 12.0 Å². The Hall–Kier alpha value is -2.82. The minimum absolute atomic E-state index is 0.0237. The number of benzene rings is 1. The van der Waals surface area contributed by atoms with Crippen LogP contribution >= 0.6 is 0 Å². The highest BCUT2D eigenvalue weighted by atomic mass is 16.3. The zero-order valence-electron chi connectivity index (χ0n) is 14.7. The van der Waals surface area contributed by atoms with Crippen LogP contribution in [0.15, 0.2) is 59.5 Å². The van der Waals surface area contributed by atoms with Crippen LogP contribution in [0.3, 0.4) is 0 Å². The number of amides is 1. The first-order valence-electron chi connectivity index (χ1n) is 8.58. The Morgan fingerprint density at radius 2 is 2.12 bits per heavy atom. The normalized spacial score (nSPS) is 10.8. The highest BCUT2D eigenvalue weighted by molar-refractivity contribution is 5.95. The molecule has 0 atom stereocenters. The lowest BCUT2D eigenvalue weighted by Crippen LogP contribution is -2.31. The van der Waals surface area contributed by atoms with E-state index in [1.54, 1.807) is 17.1 Å². The van der Waals surface area contributed by atoms with Crippen LogP contribution in [-0.4, -0.2) is 27.1 Å². The number of rotatable bonds is 7. The first-order chi connectivity index (χ1) is 12.2. The van der Waals surface area contributed by atoms with E-state index in [1.165, 1.54) is 0 Å². The van der Waals surface area contributed by atoms with Crippen molar-refractivity contribution in [2.45, 2.75) is 26.3 Å². The molecular weight excluding hydrogens is 314 g/mol. The van der Waals surface area contributed by atoms with Gasteiger partial charge < -0.3 is 9.32 Å². The standard InChI is InChI=1S/C20H23N3O2/c1-3-4-10-23(15-19-9-6-11-25-19)20(24)17-8-5-7-16(12-17)18-13-21-22(2)14-18/h5-9,11-14H,3-4,10,15H2,1-2H3. The Morgan fingerprint density at radius 1 is 1.24 bits per heavy atom. The third-order valence-corrected chi connectivity index (χ3v) is 4.14. The lowest BCUT2D eigenvalue weighted by Gasteiger charge is -2.22. The van der Waals surface area contributed by atoms with Crippen molar-refractivity contribution in [2.24, 2.45) is 7.05 Å². The maximum Gasteiger partial charge on any atom is 0.254 e. The highest BCUT2D eigenvalue weighted by Gasteiger charge is 2.17. The molecular formula is C20H23N3O2. The van der Waals surface area contributed by atoms with Gasteiger partial charge in [-0.25, -0.2) is 0 Å². The summed E-state index contributed by atoms with van der Waals surface area (Å²) in [5.74, 6) is 0.823. The monoisotopic (exact) mass is 337 g/mol. The van der Waals surface area contributed by atoms with E-state index in [0.29, 0.717) is 18.7 Å². The number of hydrogen-bond acceptors (Lipinski definition) is 3. The molecule has 0 unspecified atom stereocenters. The molecule has 0 saturated carbocycles. The van der Waals surface area contributed by atoms with Crippen LogP contribution in [0.25, 0.3) is 11.1 Å². The largest absolute Gasteiger partial charge is 0.467 e. The van der Waals surface area contributed by atoms with Crippen molar-refractivity contribution in [1.29, 1.82) is 0 Å². The van der Waals surface area contributed by atoms with E-state index in [0.717, 1.165) is 29.7 Å². The molecule has 2 heterocycles. The molecule has 0 N–H and O–H groups in total. The number of unbranched alkanes of at least 4 members (excludes halogenated alkanes) is 1. The first kappa shape index (κ1) is 17.0. The molecule has 3 rings (SSSR count). The Balaban J connectivity index is 1.83. The van der Waals surface area contributed by atoms with Gasteiger partial charge in [0.25, 0.3) is 5.91 Å². The van der Waals surface area contributed by atoms with Crippen LogP contribution in [0.5, 0.6) is 0 Å². The van der Waals surface area contributed by atoms with E-state index in [1.807, 2.05) is 54.5 Å². The SMILES string of the molecule is CCCCN(Cc1ccco1)C(=O)c1cccc(-c2cnn(C)c2)c1. The zero-order valence-corrected chi connectivity index (χ0v) is 14.7. The average Bonchev–Trinajstić information content (AvgIpc) is 3.29. The number of aromatic nitrogens is 2. The molecule has 0 aliphatic rings. The van der Waals surface area contributed by atoms with Gasteiger partial charge in [-0.2, -0.15) is 5.10 Å². The van der Waals surface area contributed by atoms with Gasteiger partial charge in [0.15, 0.2) is 0 Å².